The van der Waals surface area contributed by atoms with E-state index in [9.17, 15) is 4.79 Å². The fraction of sp³-hybridized carbons (Fsp3) is 0.364. The van der Waals surface area contributed by atoms with Crippen LogP contribution in [-0.4, -0.2) is 37.8 Å². The summed E-state index contributed by atoms with van der Waals surface area (Å²) in [6.45, 7) is 2.93. The van der Waals surface area contributed by atoms with Gasteiger partial charge in [-0.3, -0.25) is 0 Å². The summed E-state index contributed by atoms with van der Waals surface area (Å²) < 4.78 is 11.0. The predicted molar refractivity (Wildman–Crippen MR) is 112 cm³/mol. The summed E-state index contributed by atoms with van der Waals surface area (Å²) in [7, 11) is 1.64. The Bertz CT molecular complexity index is 913. The van der Waals surface area contributed by atoms with E-state index < -0.39 is 0 Å². The van der Waals surface area contributed by atoms with Crippen molar-refractivity contribution in [2.24, 2.45) is 5.92 Å². The normalized spacial score (nSPS) is 14.7. The van der Waals surface area contributed by atoms with E-state index in [0.29, 0.717) is 25.0 Å². The molecule has 0 saturated carbocycles. The van der Waals surface area contributed by atoms with Gasteiger partial charge in [-0.15, -0.1) is 0 Å². The second-order valence-electron chi connectivity index (χ2n) is 7.31. The van der Waals surface area contributed by atoms with Gasteiger partial charge in [0.15, 0.2) is 5.58 Å². The van der Waals surface area contributed by atoms with E-state index >= 15 is 0 Å². The lowest BCUT2D eigenvalue weighted by Gasteiger charge is -2.30. The third-order valence-corrected chi connectivity index (χ3v) is 5.33. The van der Waals surface area contributed by atoms with Crippen molar-refractivity contribution in [3.8, 4) is 5.75 Å². The Morgan fingerprint density at radius 3 is 2.62 bits per heavy atom. The fourth-order valence-electron chi connectivity index (χ4n) is 3.55. The van der Waals surface area contributed by atoms with Gasteiger partial charge in [-0.25, -0.2) is 4.79 Å². The molecule has 1 aliphatic heterocycles. The molecule has 2 amide bonds. The number of nitrogens with zero attached hydrogens (tertiary/aromatic N) is 2. The molecule has 1 aliphatic rings. The molecule has 2 N–H and O–H groups in total. The quantitative estimate of drug-likeness (QED) is 0.668. The molecular formula is C22H26N4O3. The van der Waals surface area contributed by atoms with Crippen LogP contribution in [0.3, 0.4) is 0 Å². The van der Waals surface area contributed by atoms with Gasteiger partial charge in [0.1, 0.15) is 11.3 Å². The fourth-order valence-corrected chi connectivity index (χ4v) is 3.55. The van der Waals surface area contributed by atoms with Gasteiger partial charge in [0, 0.05) is 26.2 Å². The predicted octanol–water partition coefficient (Wildman–Crippen LogP) is 3.55. The molecule has 1 fully saturated rings. The van der Waals surface area contributed by atoms with Crippen LogP contribution in [0.25, 0.3) is 11.1 Å². The molecule has 4 rings (SSSR count). The summed E-state index contributed by atoms with van der Waals surface area (Å²) in [6.07, 6.45) is 2.00. The number of anilines is 1. The van der Waals surface area contributed by atoms with E-state index in [1.54, 1.807) is 7.11 Å². The number of hydrogen-bond donors (Lipinski definition) is 2. The average molecular weight is 394 g/mol. The number of hydrogen-bond acceptors (Lipinski definition) is 5. The first kappa shape index (κ1) is 19.1. The molecule has 0 spiro atoms. The highest BCUT2D eigenvalue weighted by atomic mass is 16.5. The molecule has 0 bridgehead atoms. The van der Waals surface area contributed by atoms with Gasteiger partial charge in [0.25, 0.3) is 6.01 Å². The van der Waals surface area contributed by atoms with Crippen LogP contribution in [0.15, 0.2) is 52.9 Å². The summed E-state index contributed by atoms with van der Waals surface area (Å²) in [5, 5.41) is 5.89. The highest BCUT2D eigenvalue weighted by Gasteiger charge is 2.23. The number of para-hydroxylation sites is 2. The minimum absolute atomic E-state index is 0.137. The van der Waals surface area contributed by atoms with Crippen molar-refractivity contribution in [2.75, 3.05) is 31.6 Å². The number of oxazole rings is 1. The Morgan fingerprint density at radius 2 is 1.90 bits per heavy atom. The minimum Gasteiger partial charge on any atom is -0.497 e. The molecule has 7 heteroatoms. The Labute approximate surface area is 170 Å². The van der Waals surface area contributed by atoms with Gasteiger partial charge in [0.05, 0.1) is 7.11 Å². The van der Waals surface area contributed by atoms with Gasteiger partial charge in [-0.1, -0.05) is 24.3 Å². The first-order chi connectivity index (χ1) is 14.2. The van der Waals surface area contributed by atoms with Crippen LogP contribution >= 0.6 is 0 Å². The average Bonchev–Trinajstić information content (AvgIpc) is 3.21. The molecule has 0 radical (unpaired) electrons. The van der Waals surface area contributed by atoms with Gasteiger partial charge in [0.2, 0.25) is 0 Å². The molecule has 0 atom stereocenters. The lowest BCUT2D eigenvalue weighted by molar-refractivity contribution is 0.237. The Morgan fingerprint density at radius 1 is 1.14 bits per heavy atom. The first-order valence-corrected chi connectivity index (χ1v) is 9.96. The Kier molecular flexibility index (Phi) is 5.84. The number of ether oxygens (including phenoxy) is 1. The maximum Gasteiger partial charge on any atom is 0.315 e. The van der Waals surface area contributed by atoms with Crippen LogP contribution in [0.1, 0.15) is 18.4 Å². The van der Waals surface area contributed by atoms with Crippen molar-refractivity contribution in [1.82, 2.24) is 15.6 Å². The molecule has 3 aromatic rings. The number of carbonyl (C=O) groups is 1. The van der Waals surface area contributed by atoms with E-state index in [1.165, 1.54) is 0 Å². The van der Waals surface area contributed by atoms with Crippen LogP contribution in [0.5, 0.6) is 5.75 Å². The summed E-state index contributed by atoms with van der Waals surface area (Å²) in [5.74, 6) is 1.27. The van der Waals surface area contributed by atoms with Crippen molar-refractivity contribution in [3.63, 3.8) is 0 Å². The van der Waals surface area contributed by atoms with Crippen molar-refractivity contribution in [1.29, 1.82) is 0 Å². The van der Waals surface area contributed by atoms with Gasteiger partial charge in [-0.05, 0) is 48.6 Å². The zero-order valence-electron chi connectivity index (χ0n) is 16.6. The molecule has 29 heavy (non-hydrogen) atoms. The van der Waals surface area contributed by atoms with E-state index in [2.05, 4.69) is 20.5 Å². The standard InChI is InChI=1S/C22H26N4O3/c1-28-18-8-6-16(7-9-18)14-23-21(27)24-15-17-10-12-26(13-11-17)22-25-19-4-2-3-5-20(19)29-22/h2-9,17H,10-15H2,1H3,(H2,23,24,27). The van der Waals surface area contributed by atoms with Gasteiger partial charge < -0.3 is 24.7 Å². The zero-order valence-corrected chi connectivity index (χ0v) is 16.6. The number of piperidine rings is 1. The first-order valence-electron chi connectivity index (χ1n) is 9.96. The topological polar surface area (TPSA) is 79.6 Å². The van der Waals surface area contributed by atoms with Crippen molar-refractivity contribution >= 4 is 23.1 Å². The number of nitrogens with one attached hydrogen (secondary N) is 2. The van der Waals surface area contributed by atoms with E-state index in [-0.39, 0.29) is 6.03 Å². The van der Waals surface area contributed by atoms with Crippen molar-refractivity contribution in [2.45, 2.75) is 19.4 Å². The van der Waals surface area contributed by atoms with Gasteiger partial charge in [-0.2, -0.15) is 4.98 Å². The van der Waals surface area contributed by atoms with E-state index in [1.807, 2.05) is 48.5 Å². The molecule has 1 aromatic heterocycles. The van der Waals surface area contributed by atoms with Crippen molar-refractivity contribution in [3.05, 3.63) is 54.1 Å². The largest absolute Gasteiger partial charge is 0.497 e. The number of carbonyl (C=O) groups excluding carboxylic acids is 1. The molecule has 2 heterocycles. The third-order valence-electron chi connectivity index (χ3n) is 5.33. The molecule has 152 valence electrons. The van der Waals surface area contributed by atoms with Crippen LogP contribution in [-0.2, 0) is 6.54 Å². The maximum absolute atomic E-state index is 12.1. The van der Waals surface area contributed by atoms with E-state index in [4.69, 9.17) is 9.15 Å². The van der Waals surface area contributed by atoms with Crippen LogP contribution < -0.4 is 20.3 Å². The lowest BCUT2D eigenvalue weighted by Crippen LogP contribution is -2.41. The number of fused-ring (bicyclic) bond motifs is 1. The smallest absolute Gasteiger partial charge is 0.315 e. The second-order valence-corrected chi connectivity index (χ2v) is 7.31. The SMILES string of the molecule is COc1ccc(CNC(=O)NCC2CCN(c3nc4ccccc4o3)CC2)cc1. The Hall–Kier alpha value is -3.22. The Balaban J connectivity index is 1.19. The lowest BCUT2D eigenvalue weighted by atomic mass is 9.97. The maximum atomic E-state index is 12.1. The zero-order chi connectivity index (χ0) is 20.1. The molecule has 0 unspecified atom stereocenters. The number of rotatable bonds is 6. The third kappa shape index (κ3) is 4.80. The highest BCUT2D eigenvalue weighted by Crippen LogP contribution is 2.26. The minimum atomic E-state index is -0.137. The molecule has 0 aliphatic carbocycles. The molecule has 2 aromatic carbocycles. The monoisotopic (exact) mass is 394 g/mol. The second kappa shape index (κ2) is 8.86. The number of benzene rings is 2. The van der Waals surface area contributed by atoms with Crippen LogP contribution in [0, 0.1) is 5.92 Å². The van der Waals surface area contributed by atoms with Gasteiger partial charge >= 0.3 is 6.03 Å². The molecule has 7 nitrogen and oxygen atoms in total. The molecular weight excluding hydrogens is 368 g/mol. The number of urea groups is 1. The number of methoxy groups -OCH3 is 1. The van der Waals surface area contributed by atoms with E-state index in [0.717, 1.165) is 48.3 Å². The summed E-state index contributed by atoms with van der Waals surface area (Å²) >= 11 is 0. The van der Waals surface area contributed by atoms with Crippen molar-refractivity contribution < 1.29 is 13.9 Å². The van der Waals surface area contributed by atoms with Crippen LogP contribution in [0.4, 0.5) is 10.8 Å². The summed E-state index contributed by atoms with van der Waals surface area (Å²) in [4.78, 5) is 18.8. The number of amides is 2. The molecule has 1 saturated heterocycles. The highest BCUT2D eigenvalue weighted by molar-refractivity contribution is 5.74. The number of aromatic nitrogens is 1. The van der Waals surface area contributed by atoms with Crippen LogP contribution in [0.2, 0.25) is 0 Å². The summed E-state index contributed by atoms with van der Waals surface area (Å²) in [6, 6.07) is 16.0. The summed E-state index contributed by atoms with van der Waals surface area (Å²) in [5.41, 5.74) is 2.74.